The van der Waals surface area contributed by atoms with Crippen LogP contribution >= 0.6 is 11.3 Å². The molecule has 2 nitrogen and oxygen atoms in total. The first-order chi connectivity index (χ1) is 20.2. The summed E-state index contributed by atoms with van der Waals surface area (Å²) in [5.41, 5.74) is 9.12. The zero-order chi connectivity index (χ0) is 27.2. The molecular formula is C38H24N2S. The highest BCUT2D eigenvalue weighted by atomic mass is 32.1. The molecule has 3 aromatic heterocycles. The molecule has 8 aromatic rings. The third-order valence-electron chi connectivity index (χ3n) is 8.65. The molecule has 0 fully saturated rings. The lowest BCUT2D eigenvalue weighted by molar-refractivity contribution is 1.18. The van der Waals surface area contributed by atoms with Gasteiger partial charge in [-0.2, -0.15) is 0 Å². The van der Waals surface area contributed by atoms with Crippen molar-refractivity contribution in [2.45, 2.75) is 6.92 Å². The number of rotatable bonds is 2. The summed E-state index contributed by atoms with van der Waals surface area (Å²) in [5.74, 6) is 0. The van der Waals surface area contributed by atoms with E-state index in [0.29, 0.717) is 0 Å². The zero-order valence-corrected chi connectivity index (χ0v) is 23.3. The summed E-state index contributed by atoms with van der Waals surface area (Å²) >= 11 is 1.90. The van der Waals surface area contributed by atoms with Gasteiger partial charge in [-0.3, -0.25) is 0 Å². The lowest BCUT2D eigenvalue weighted by atomic mass is 9.97. The van der Waals surface area contributed by atoms with Crippen LogP contribution in [0.4, 0.5) is 5.69 Å². The molecule has 0 N–H and O–H groups in total. The van der Waals surface area contributed by atoms with Gasteiger partial charge in [0.25, 0.3) is 0 Å². The smallest absolute Gasteiger partial charge is 0.0926 e. The fourth-order valence-corrected chi connectivity index (χ4v) is 8.01. The van der Waals surface area contributed by atoms with Crippen LogP contribution in [0.25, 0.3) is 69.3 Å². The monoisotopic (exact) mass is 540 g/mol. The van der Waals surface area contributed by atoms with E-state index in [0.717, 1.165) is 22.7 Å². The molecule has 192 valence electrons. The number of aromatic nitrogens is 1. The third kappa shape index (κ3) is 3.10. The number of para-hydroxylation sites is 1. The van der Waals surface area contributed by atoms with Crippen molar-refractivity contribution in [3.63, 3.8) is 0 Å². The number of hydrogen-bond acceptors (Lipinski definition) is 2. The van der Waals surface area contributed by atoms with Gasteiger partial charge in [0.05, 0.1) is 27.1 Å². The number of fused-ring (bicyclic) bond motifs is 8. The van der Waals surface area contributed by atoms with E-state index >= 15 is 0 Å². The lowest BCUT2D eigenvalue weighted by Crippen LogP contribution is -1.97. The maximum atomic E-state index is 5.15. The van der Waals surface area contributed by atoms with Gasteiger partial charge < -0.3 is 4.40 Å². The second-order valence-electron chi connectivity index (χ2n) is 10.9. The van der Waals surface area contributed by atoms with Gasteiger partial charge in [0.1, 0.15) is 0 Å². The highest BCUT2D eigenvalue weighted by Crippen LogP contribution is 2.47. The molecule has 0 aliphatic heterocycles. The van der Waals surface area contributed by atoms with E-state index in [1.807, 2.05) is 35.6 Å². The number of thiophene rings is 1. The molecule has 0 saturated heterocycles. The van der Waals surface area contributed by atoms with Gasteiger partial charge in [-0.15, -0.1) is 11.3 Å². The van der Waals surface area contributed by atoms with E-state index in [2.05, 4.69) is 109 Å². The van der Waals surface area contributed by atoms with Crippen LogP contribution in [-0.4, -0.2) is 10.1 Å². The van der Waals surface area contributed by atoms with Crippen molar-refractivity contribution in [3.05, 3.63) is 133 Å². The molecule has 1 aliphatic rings. The Bertz CT molecular complexity index is 2490. The number of benzene rings is 5. The van der Waals surface area contributed by atoms with Crippen LogP contribution in [-0.2, 0) is 0 Å². The van der Waals surface area contributed by atoms with Gasteiger partial charge in [0.2, 0.25) is 0 Å². The number of hydrogen-bond donors (Lipinski definition) is 0. The molecule has 0 bridgehead atoms. The fraction of sp³-hybridized carbons (Fsp3) is 0.0263. The van der Waals surface area contributed by atoms with Crippen molar-refractivity contribution < 1.29 is 0 Å². The van der Waals surface area contributed by atoms with E-state index in [1.165, 1.54) is 69.3 Å². The van der Waals surface area contributed by atoms with E-state index in [-0.39, 0.29) is 0 Å². The first-order valence-corrected chi connectivity index (χ1v) is 14.7. The van der Waals surface area contributed by atoms with Crippen LogP contribution in [0.5, 0.6) is 0 Å². The van der Waals surface area contributed by atoms with Gasteiger partial charge in [0, 0.05) is 37.3 Å². The highest BCUT2D eigenvalue weighted by molar-refractivity contribution is 7.26. The Kier molecular flexibility index (Phi) is 4.59. The number of aryl methyl sites for hydroxylation is 1. The fourth-order valence-electron chi connectivity index (χ4n) is 6.73. The highest BCUT2D eigenvalue weighted by Gasteiger charge is 2.22. The molecule has 41 heavy (non-hydrogen) atoms. The molecule has 0 amide bonds. The minimum Gasteiger partial charge on any atom is -0.309 e. The molecule has 3 heterocycles. The van der Waals surface area contributed by atoms with Crippen LogP contribution in [0.2, 0.25) is 0 Å². The number of nitrogens with zero attached hydrogens (tertiary/aromatic N) is 2. The van der Waals surface area contributed by atoms with Crippen molar-refractivity contribution in [1.29, 1.82) is 0 Å². The summed E-state index contributed by atoms with van der Waals surface area (Å²) in [7, 11) is 0. The maximum absolute atomic E-state index is 5.15. The SMILES string of the molecule is C=C1C=CC=CC1=Nc1c(C)n2c3c1cccc3c1ccc3c4ccc(-c5cccc6ccccc56)cc4sc3c12. The summed E-state index contributed by atoms with van der Waals surface area (Å²) in [5, 5.41) is 8.94. The Morgan fingerprint density at radius 3 is 2.34 bits per heavy atom. The van der Waals surface area contributed by atoms with Crippen LogP contribution in [0, 0.1) is 6.92 Å². The zero-order valence-electron chi connectivity index (χ0n) is 22.5. The predicted molar refractivity (Wildman–Crippen MR) is 179 cm³/mol. The van der Waals surface area contributed by atoms with E-state index in [1.54, 1.807) is 0 Å². The van der Waals surface area contributed by atoms with E-state index in [4.69, 9.17) is 4.99 Å². The Morgan fingerprint density at radius 1 is 0.683 bits per heavy atom. The normalized spacial score (nSPS) is 14.9. The van der Waals surface area contributed by atoms with Gasteiger partial charge in [-0.25, -0.2) is 4.99 Å². The van der Waals surface area contributed by atoms with Crippen LogP contribution in [0.3, 0.4) is 0 Å². The lowest BCUT2D eigenvalue weighted by Gasteiger charge is -2.07. The van der Waals surface area contributed by atoms with E-state index < -0.39 is 0 Å². The summed E-state index contributed by atoms with van der Waals surface area (Å²) in [4.78, 5) is 5.15. The minimum atomic E-state index is 0.918. The van der Waals surface area contributed by atoms with Crippen molar-refractivity contribution in [2.75, 3.05) is 0 Å². The Balaban J connectivity index is 1.34. The molecule has 9 rings (SSSR count). The van der Waals surface area contributed by atoms with Crippen molar-refractivity contribution in [2.24, 2.45) is 4.99 Å². The standard InChI is InChI=1S/C38H24N2S/c1-22-9-3-6-16-33(22)39-35-23(2)40-36-29(14-8-15-32(35)36)30-19-20-31-28-18-17-25(21-34(28)41-38(31)37(30)40)27-13-7-11-24-10-4-5-12-26(24)27/h3-21H,1H2,2H3. The molecule has 5 aromatic carbocycles. The number of allylic oxidation sites excluding steroid dienone is 5. The largest absolute Gasteiger partial charge is 0.309 e. The average molecular weight is 541 g/mol. The second kappa shape index (κ2) is 8.26. The Labute approximate surface area is 240 Å². The maximum Gasteiger partial charge on any atom is 0.0926 e. The summed E-state index contributed by atoms with van der Waals surface area (Å²) in [6.07, 6.45) is 8.11. The molecule has 1 aliphatic carbocycles. The number of aliphatic imine (C=N–C) groups is 1. The van der Waals surface area contributed by atoms with Gasteiger partial charge in [0.15, 0.2) is 0 Å². The van der Waals surface area contributed by atoms with Crippen LogP contribution in [0.15, 0.2) is 132 Å². The molecule has 3 heteroatoms. The quantitative estimate of drug-likeness (QED) is 0.207. The second-order valence-corrected chi connectivity index (χ2v) is 11.9. The third-order valence-corrected chi connectivity index (χ3v) is 9.82. The Hall–Kier alpha value is -4.99. The van der Waals surface area contributed by atoms with Crippen molar-refractivity contribution in [1.82, 2.24) is 4.40 Å². The summed E-state index contributed by atoms with van der Waals surface area (Å²) in [6, 6.07) is 33.4. The summed E-state index contributed by atoms with van der Waals surface area (Å²) in [6.45, 7) is 6.42. The van der Waals surface area contributed by atoms with E-state index in [9.17, 15) is 0 Å². The molecule has 0 atom stereocenters. The van der Waals surface area contributed by atoms with Gasteiger partial charge in [-0.05, 0) is 46.5 Å². The van der Waals surface area contributed by atoms with Crippen LogP contribution in [0.1, 0.15) is 5.69 Å². The molecular weight excluding hydrogens is 516 g/mol. The van der Waals surface area contributed by atoms with Crippen molar-refractivity contribution in [3.8, 4) is 11.1 Å². The van der Waals surface area contributed by atoms with Crippen LogP contribution < -0.4 is 0 Å². The molecule has 0 radical (unpaired) electrons. The summed E-state index contributed by atoms with van der Waals surface area (Å²) < 4.78 is 5.09. The predicted octanol–water partition coefficient (Wildman–Crippen LogP) is 10.9. The Morgan fingerprint density at radius 2 is 1.41 bits per heavy atom. The molecule has 0 unspecified atom stereocenters. The van der Waals surface area contributed by atoms with Gasteiger partial charge in [-0.1, -0.05) is 110 Å². The average Bonchev–Trinajstić information content (AvgIpc) is 3.64. The first-order valence-electron chi connectivity index (χ1n) is 13.9. The van der Waals surface area contributed by atoms with Gasteiger partial charge >= 0.3 is 0 Å². The van der Waals surface area contributed by atoms with Crippen molar-refractivity contribution >= 4 is 80.9 Å². The first kappa shape index (κ1) is 22.8. The topological polar surface area (TPSA) is 16.8 Å². The minimum absolute atomic E-state index is 0.918. The molecule has 0 saturated carbocycles. The molecule has 0 spiro atoms.